The highest BCUT2D eigenvalue weighted by molar-refractivity contribution is 5.51. The SMILES string of the molecule is Nc1cnc(C(F)(F)F)cc1OCc1ccco1. The van der Waals surface area contributed by atoms with Gasteiger partial charge in [-0.25, -0.2) is 4.98 Å². The number of halogens is 3. The van der Waals surface area contributed by atoms with Crippen LogP contribution in [0.4, 0.5) is 18.9 Å². The minimum absolute atomic E-state index is 0.00148. The lowest BCUT2D eigenvalue weighted by atomic mass is 10.3. The summed E-state index contributed by atoms with van der Waals surface area (Å²) in [6.07, 6.45) is -2.17. The number of anilines is 1. The molecule has 2 N–H and O–H groups in total. The number of nitrogens with two attached hydrogens (primary N) is 1. The number of pyridine rings is 1. The minimum atomic E-state index is -4.53. The van der Waals surface area contributed by atoms with Crippen LogP contribution in [0.5, 0.6) is 5.75 Å². The highest BCUT2D eigenvalue weighted by atomic mass is 19.4. The van der Waals surface area contributed by atoms with E-state index in [1.165, 1.54) is 6.26 Å². The third-order valence-corrected chi connectivity index (χ3v) is 2.14. The van der Waals surface area contributed by atoms with Crippen molar-refractivity contribution in [3.8, 4) is 5.75 Å². The lowest BCUT2D eigenvalue weighted by Gasteiger charge is -2.10. The van der Waals surface area contributed by atoms with Gasteiger partial charge in [-0.3, -0.25) is 0 Å². The lowest BCUT2D eigenvalue weighted by molar-refractivity contribution is -0.141. The maximum atomic E-state index is 12.4. The molecule has 18 heavy (non-hydrogen) atoms. The summed E-state index contributed by atoms with van der Waals surface area (Å²) in [7, 11) is 0. The molecule has 0 radical (unpaired) electrons. The Labute approximate surface area is 100 Å². The zero-order chi connectivity index (χ0) is 13.2. The molecule has 0 fully saturated rings. The van der Waals surface area contributed by atoms with Gasteiger partial charge in [0, 0.05) is 6.07 Å². The molecule has 0 bridgehead atoms. The summed E-state index contributed by atoms with van der Waals surface area (Å²) in [6, 6.07) is 4.05. The molecule has 0 unspecified atom stereocenters. The molecular weight excluding hydrogens is 249 g/mol. The van der Waals surface area contributed by atoms with Crippen LogP contribution in [0.2, 0.25) is 0 Å². The smallest absolute Gasteiger partial charge is 0.433 e. The molecule has 0 aliphatic heterocycles. The number of nitrogen functional groups attached to an aromatic ring is 1. The van der Waals surface area contributed by atoms with Crippen LogP contribution >= 0.6 is 0 Å². The normalized spacial score (nSPS) is 11.5. The van der Waals surface area contributed by atoms with Crippen LogP contribution < -0.4 is 10.5 Å². The zero-order valence-electron chi connectivity index (χ0n) is 9.07. The van der Waals surface area contributed by atoms with E-state index in [9.17, 15) is 13.2 Å². The van der Waals surface area contributed by atoms with Gasteiger partial charge >= 0.3 is 6.18 Å². The van der Waals surface area contributed by atoms with E-state index in [0.717, 1.165) is 12.3 Å². The quantitative estimate of drug-likeness (QED) is 0.919. The third-order valence-electron chi connectivity index (χ3n) is 2.14. The van der Waals surface area contributed by atoms with Crippen molar-refractivity contribution in [1.29, 1.82) is 0 Å². The van der Waals surface area contributed by atoms with Crippen LogP contribution in [0.25, 0.3) is 0 Å². The van der Waals surface area contributed by atoms with Gasteiger partial charge in [-0.2, -0.15) is 13.2 Å². The molecule has 0 aliphatic rings. The summed E-state index contributed by atoms with van der Waals surface area (Å²) >= 11 is 0. The summed E-state index contributed by atoms with van der Waals surface area (Å²) in [5.74, 6) is 0.411. The van der Waals surface area contributed by atoms with Gasteiger partial charge in [-0.1, -0.05) is 0 Å². The Morgan fingerprint density at radius 2 is 2.17 bits per heavy atom. The topological polar surface area (TPSA) is 61.3 Å². The zero-order valence-corrected chi connectivity index (χ0v) is 9.07. The molecule has 2 aromatic rings. The van der Waals surface area contributed by atoms with Gasteiger partial charge < -0.3 is 14.9 Å². The fraction of sp³-hybridized carbons (Fsp3) is 0.182. The average Bonchev–Trinajstić information content (AvgIpc) is 2.79. The highest BCUT2D eigenvalue weighted by Gasteiger charge is 2.33. The lowest BCUT2D eigenvalue weighted by Crippen LogP contribution is -2.09. The van der Waals surface area contributed by atoms with Crippen molar-refractivity contribution in [2.75, 3.05) is 5.73 Å². The van der Waals surface area contributed by atoms with Crippen molar-refractivity contribution in [3.05, 3.63) is 42.1 Å². The molecule has 0 saturated heterocycles. The van der Waals surface area contributed by atoms with E-state index in [4.69, 9.17) is 14.9 Å². The van der Waals surface area contributed by atoms with Gasteiger partial charge in [0.15, 0.2) is 0 Å². The molecule has 0 saturated carbocycles. The summed E-state index contributed by atoms with van der Waals surface area (Å²) in [5.41, 5.74) is 4.47. The maximum Gasteiger partial charge on any atom is 0.433 e. The minimum Gasteiger partial charge on any atom is -0.483 e. The standard InChI is InChI=1S/C11H9F3N2O2/c12-11(13,14)10-4-9(8(15)5-16-10)18-6-7-2-1-3-17-7/h1-5H,6,15H2. The summed E-state index contributed by atoms with van der Waals surface area (Å²) in [4.78, 5) is 3.20. The molecule has 7 heteroatoms. The third kappa shape index (κ3) is 2.73. The Balaban J connectivity index is 2.16. The molecular formula is C11H9F3N2O2. The molecule has 4 nitrogen and oxygen atoms in total. The van der Waals surface area contributed by atoms with Crippen molar-refractivity contribution < 1.29 is 22.3 Å². The number of alkyl halides is 3. The second-order valence-corrected chi connectivity index (χ2v) is 3.47. The van der Waals surface area contributed by atoms with Crippen molar-refractivity contribution in [1.82, 2.24) is 4.98 Å². The average molecular weight is 258 g/mol. The molecule has 2 heterocycles. The van der Waals surface area contributed by atoms with Crippen LogP contribution in [0.3, 0.4) is 0 Å². The molecule has 0 atom stereocenters. The Morgan fingerprint density at radius 3 is 2.78 bits per heavy atom. The number of nitrogens with zero attached hydrogens (tertiary/aromatic N) is 1. The van der Waals surface area contributed by atoms with Crippen molar-refractivity contribution in [2.45, 2.75) is 12.8 Å². The number of hydrogen-bond acceptors (Lipinski definition) is 4. The molecule has 2 rings (SSSR count). The van der Waals surface area contributed by atoms with Crippen molar-refractivity contribution in [3.63, 3.8) is 0 Å². The first-order valence-electron chi connectivity index (χ1n) is 4.94. The van der Waals surface area contributed by atoms with E-state index in [1.807, 2.05) is 0 Å². The predicted octanol–water partition coefficient (Wildman–Crippen LogP) is 2.85. The number of aromatic nitrogens is 1. The molecule has 0 amide bonds. The number of hydrogen-bond donors (Lipinski definition) is 1. The van der Waals surface area contributed by atoms with E-state index in [0.29, 0.717) is 5.76 Å². The Kier molecular flexibility index (Phi) is 3.14. The van der Waals surface area contributed by atoms with Crippen LogP contribution in [0, 0.1) is 0 Å². The summed E-state index contributed by atoms with van der Waals surface area (Å²) in [5, 5.41) is 0. The molecule has 0 aromatic carbocycles. The van der Waals surface area contributed by atoms with Crippen molar-refractivity contribution >= 4 is 5.69 Å². The Bertz CT molecular complexity index is 524. The van der Waals surface area contributed by atoms with Crippen LogP contribution in [-0.2, 0) is 12.8 Å². The molecule has 2 aromatic heterocycles. The first-order chi connectivity index (χ1) is 8.47. The highest BCUT2D eigenvalue weighted by Crippen LogP contribution is 2.32. The Morgan fingerprint density at radius 1 is 1.39 bits per heavy atom. The van der Waals surface area contributed by atoms with Gasteiger partial charge in [-0.15, -0.1) is 0 Å². The van der Waals surface area contributed by atoms with Gasteiger partial charge in [0.05, 0.1) is 18.1 Å². The van der Waals surface area contributed by atoms with Crippen molar-refractivity contribution in [2.24, 2.45) is 0 Å². The van der Waals surface area contributed by atoms with Crippen LogP contribution in [-0.4, -0.2) is 4.98 Å². The van der Waals surface area contributed by atoms with Gasteiger partial charge in [0.1, 0.15) is 23.8 Å². The molecule has 0 aliphatic carbocycles. The number of rotatable bonds is 3. The Hall–Kier alpha value is -2.18. The largest absolute Gasteiger partial charge is 0.483 e. The number of furan rings is 1. The van der Waals surface area contributed by atoms with E-state index >= 15 is 0 Å². The first-order valence-corrected chi connectivity index (χ1v) is 4.94. The van der Waals surface area contributed by atoms with E-state index in [1.54, 1.807) is 12.1 Å². The number of ether oxygens (including phenoxy) is 1. The van der Waals surface area contributed by atoms with E-state index < -0.39 is 11.9 Å². The molecule has 0 spiro atoms. The van der Waals surface area contributed by atoms with Crippen LogP contribution in [0.1, 0.15) is 11.5 Å². The fourth-order valence-corrected chi connectivity index (χ4v) is 1.27. The second-order valence-electron chi connectivity index (χ2n) is 3.47. The second kappa shape index (κ2) is 4.59. The van der Waals surface area contributed by atoms with E-state index in [-0.39, 0.29) is 18.0 Å². The van der Waals surface area contributed by atoms with Gasteiger partial charge in [0.2, 0.25) is 0 Å². The first kappa shape index (κ1) is 12.3. The van der Waals surface area contributed by atoms with Gasteiger partial charge in [0.25, 0.3) is 0 Å². The maximum absolute atomic E-state index is 12.4. The monoisotopic (exact) mass is 258 g/mol. The summed E-state index contributed by atoms with van der Waals surface area (Å²) < 4.78 is 47.5. The van der Waals surface area contributed by atoms with Gasteiger partial charge in [-0.05, 0) is 12.1 Å². The fourth-order valence-electron chi connectivity index (χ4n) is 1.27. The summed E-state index contributed by atoms with van der Waals surface area (Å²) in [6.45, 7) is -0.00148. The van der Waals surface area contributed by atoms with Crippen LogP contribution in [0.15, 0.2) is 35.1 Å². The van der Waals surface area contributed by atoms with E-state index in [2.05, 4.69) is 4.98 Å². The molecule has 96 valence electrons. The predicted molar refractivity (Wildman–Crippen MR) is 56.7 cm³/mol.